The average Bonchev–Trinajstić information content (AvgIpc) is 2.76. The number of aryl methyl sites for hydroxylation is 2. The lowest BCUT2D eigenvalue weighted by molar-refractivity contribution is -0.141. The van der Waals surface area contributed by atoms with E-state index in [2.05, 4.69) is 63.3 Å². The number of hydrogen-bond donors (Lipinski definition) is 1. The number of rotatable bonds is 11. The van der Waals surface area contributed by atoms with Crippen molar-refractivity contribution in [3.63, 3.8) is 0 Å². The van der Waals surface area contributed by atoms with Crippen LogP contribution in [0.5, 0.6) is 0 Å². The Bertz CT molecular complexity index is 871. The predicted molar refractivity (Wildman–Crippen MR) is 133 cm³/mol. The van der Waals surface area contributed by atoms with Crippen LogP contribution in [0.1, 0.15) is 75.6 Å². The molecule has 4 heteroatoms. The smallest absolute Gasteiger partial charge is 0.242 e. The third-order valence-corrected chi connectivity index (χ3v) is 5.78. The number of amides is 2. The normalized spacial score (nSPS) is 12.1. The van der Waals surface area contributed by atoms with Crippen molar-refractivity contribution in [3.05, 3.63) is 70.8 Å². The second-order valence-electron chi connectivity index (χ2n) is 9.47. The molecule has 0 saturated carbocycles. The molecule has 0 radical (unpaired) electrons. The summed E-state index contributed by atoms with van der Waals surface area (Å²) in [5.41, 5.74) is 4.65. The minimum absolute atomic E-state index is 0.0194. The molecular weight excluding hydrogens is 396 g/mol. The Morgan fingerprint density at radius 3 is 2.22 bits per heavy atom. The zero-order valence-corrected chi connectivity index (χ0v) is 20.7. The van der Waals surface area contributed by atoms with Crippen LogP contribution < -0.4 is 5.32 Å². The molecule has 2 aromatic rings. The Hall–Kier alpha value is -2.62. The first-order valence-electron chi connectivity index (χ1n) is 11.9. The van der Waals surface area contributed by atoms with Gasteiger partial charge in [0.05, 0.1) is 0 Å². The maximum atomic E-state index is 13.4. The molecule has 0 aliphatic rings. The van der Waals surface area contributed by atoms with Crippen molar-refractivity contribution in [1.29, 1.82) is 0 Å². The first kappa shape index (κ1) is 25.6. The van der Waals surface area contributed by atoms with Gasteiger partial charge in [-0.15, -0.1) is 0 Å². The molecule has 0 aliphatic carbocycles. The maximum Gasteiger partial charge on any atom is 0.242 e. The topological polar surface area (TPSA) is 49.4 Å². The molecule has 0 aromatic heterocycles. The van der Waals surface area contributed by atoms with Gasteiger partial charge in [0.15, 0.2) is 0 Å². The van der Waals surface area contributed by atoms with Crippen LogP contribution in [0, 0.1) is 12.8 Å². The summed E-state index contributed by atoms with van der Waals surface area (Å²) in [4.78, 5) is 28.1. The molecular formula is C28H40N2O2. The van der Waals surface area contributed by atoms with E-state index in [0.717, 1.165) is 16.7 Å². The monoisotopic (exact) mass is 436 g/mol. The van der Waals surface area contributed by atoms with E-state index in [1.54, 1.807) is 4.90 Å². The fraction of sp³-hybridized carbons (Fsp3) is 0.500. The molecule has 1 N–H and O–H groups in total. The Morgan fingerprint density at radius 1 is 0.969 bits per heavy atom. The quantitative estimate of drug-likeness (QED) is 0.496. The zero-order valence-electron chi connectivity index (χ0n) is 20.7. The number of carbonyl (C=O) groups excluding carboxylic acids is 2. The molecule has 0 spiro atoms. The number of hydrogen-bond acceptors (Lipinski definition) is 2. The van der Waals surface area contributed by atoms with Crippen LogP contribution in [-0.4, -0.2) is 29.3 Å². The van der Waals surface area contributed by atoms with Gasteiger partial charge in [-0.1, -0.05) is 88.7 Å². The molecule has 2 aromatic carbocycles. The van der Waals surface area contributed by atoms with Gasteiger partial charge in [0.2, 0.25) is 11.8 Å². The van der Waals surface area contributed by atoms with E-state index in [-0.39, 0.29) is 11.8 Å². The Morgan fingerprint density at radius 2 is 1.66 bits per heavy atom. The molecule has 0 saturated heterocycles. The van der Waals surface area contributed by atoms with Gasteiger partial charge >= 0.3 is 0 Å². The molecule has 0 aliphatic heterocycles. The van der Waals surface area contributed by atoms with Crippen LogP contribution in [0.25, 0.3) is 0 Å². The van der Waals surface area contributed by atoms with Gasteiger partial charge in [-0.2, -0.15) is 0 Å². The standard InChI is InChI=1S/C28H40N2O2/c1-7-26(28(32)29-18-20(2)3)30(19-24-10-8-9-22(6)17-24)27(31)16-13-23-11-14-25(15-12-23)21(4)5/h8-12,14-15,17,20-21,26H,7,13,16,18-19H2,1-6H3,(H,29,32)/t26-/m0/s1. The number of nitrogens with zero attached hydrogens (tertiary/aromatic N) is 1. The molecule has 0 fully saturated rings. The summed E-state index contributed by atoms with van der Waals surface area (Å²) in [6.45, 7) is 13.6. The lowest BCUT2D eigenvalue weighted by Crippen LogP contribution is -2.49. The SMILES string of the molecule is CC[C@@H](C(=O)NCC(C)C)N(Cc1cccc(C)c1)C(=O)CCc1ccc(C(C)C)cc1. The van der Waals surface area contributed by atoms with Crippen molar-refractivity contribution < 1.29 is 9.59 Å². The highest BCUT2D eigenvalue weighted by Crippen LogP contribution is 2.18. The summed E-state index contributed by atoms with van der Waals surface area (Å²) in [5.74, 6) is 0.811. The van der Waals surface area contributed by atoms with E-state index in [0.29, 0.717) is 44.2 Å². The summed E-state index contributed by atoms with van der Waals surface area (Å²) in [7, 11) is 0. The molecule has 0 heterocycles. The van der Waals surface area contributed by atoms with Crippen LogP contribution in [0.2, 0.25) is 0 Å². The van der Waals surface area contributed by atoms with E-state index in [1.807, 2.05) is 32.0 Å². The van der Waals surface area contributed by atoms with Crippen LogP contribution in [-0.2, 0) is 22.6 Å². The fourth-order valence-electron chi connectivity index (χ4n) is 3.81. The highest BCUT2D eigenvalue weighted by molar-refractivity contribution is 5.87. The second kappa shape index (κ2) is 12.4. The van der Waals surface area contributed by atoms with Gasteiger partial charge in [0.25, 0.3) is 0 Å². The molecule has 4 nitrogen and oxygen atoms in total. The third-order valence-electron chi connectivity index (χ3n) is 5.78. The second-order valence-corrected chi connectivity index (χ2v) is 9.47. The van der Waals surface area contributed by atoms with Gasteiger partial charge in [0, 0.05) is 19.5 Å². The van der Waals surface area contributed by atoms with Crippen LogP contribution in [0.15, 0.2) is 48.5 Å². The van der Waals surface area contributed by atoms with Crippen LogP contribution in [0.4, 0.5) is 0 Å². The van der Waals surface area contributed by atoms with Crippen molar-refractivity contribution >= 4 is 11.8 Å². The summed E-state index contributed by atoms with van der Waals surface area (Å²) < 4.78 is 0. The molecule has 2 rings (SSSR count). The molecule has 2 amide bonds. The first-order valence-corrected chi connectivity index (χ1v) is 11.9. The van der Waals surface area contributed by atoms with Crippen molar-refractivity contribution in [2.75, 3.05) is 6.54 Å². The summed E-state index contributed by atoms with van der Waals surface area (Å²) >= 11 is 0. The van der Waals surface area contributed by atoms with Crippen LogP contribution in [0.3, 0.4) is 0 Å². The largest absolute Gasteiger partial charge is 0.354 e. The molecule has 0 unspecified atom stereocenters. The zero-order chi connectivity index (χ0) is 23.7. The molecule has 0 bridgehead atoms. The molecule has 174 valence electrons. The van der Waals surface area contributed by atoms with Crippen molar-refractivity contribution in [3.8, 4) is 0 Å². The highest BCUT2D eigenvalue weighted by Gasteiger charge is 2.28. The van der Waals surface area contributed by atoms with E-state index in [4.69, 9.17) is 0 Å². The minimum Gasteiger partial charge on any atom is -0.354 e. The summed E-state index contributed by atoms with van der Waals surface area (Å²) in [6, 6.07) is 16.2. The van der Waals surface area contributed by atoms with Crippen molar-refractivity contribution in [2.24, 2.45) is 5.92 Å². The molecule has 1 atom stereocenters. The average molecular weight is 437 g/mol. The van der Waals surface area contributed by atoms with Gasteiger partial charge < -0.3 is 10.2 Å². The summed E-state index contributed by atoms with van der Waals surface area (Å²) in [6.07, 6.45) is 1.65. The van der Waals surface area contributed by atoms with Gasteiger partial charge in [-0.25, -0.2) is 0 Å². The van der Waals surface area contributed by atoms with Crippen molar-refractivity contribution in [2.45, 2.75) is 79.3 Å². The third kappa shape index (κ3) is 7.81. The summed E-state index contributed by atoms with van der Waals surface area (Å²) in [5, 5.41) is 3.02. The highest BCUT2D eigenvalue weighted by atomic mass is 16.2. The first-order chi connectivity index (χ1) is 15.2. The maximum absolute atomic E-state index is 13.4. The molecule has 32 heavy (non-hydrogen) atoms. The fourth-order valence-corrected chi connectivity index (χ4v) is 3.81. The van der Waals surface area contributed by atoms with Gasteiger partial charge in [-0.3, -0.25) is 9.59 Å². The number of nitrogens with one attached hydrogen (secondary N) is 1. The van der Waals surface area contributed by atoms with E-state index >= 15 is 0 Å². The van der Waals surface area contributed by atoms with Crippen LogP contribution >= 0.6 is 0 Å². The van der Waals surface area contributed by atoms with E-state index in [9.17, 15) is 9.59 Å². The van der Waals surface area contributed by atoms with Crippen molar-refractivity contribution in [1.82, 2.24) is 10.2 Å². The van der Waals surface area contributed by atoms with Gasteiger partial charge in [0.1, 0.15) is 6.04 Å². The lowest BCUT2D eigenvalue weighted by atomic mass is 10.00. The predicted octanol–water partition coefficient (Wildman–Crippen LogP) is 5.63. The van der Waals surface area contributed by atoms with E-state index in [1.165, 1.54) is 5.56 Å². The Labute approximate surface area is 194 Å². The number of benzene rings is 2. The Balaban J connectivity index is 2.17. The minimum atomic E-state index is -0.468. The Kier molecular flexibility index (Phi) is 9.96. The lowest BCUT2D eigenvalue weighted by Gasteiger charge is -2.31. The van der Waals surface area contributed by atoms with E-state index < -0.39 is 6.04 Å². The number of carbonyl (C=O) groups is 2. The van der Waals surface area contributed by atoms with Gasteiger partial charge in [-0.05, 0) is 48.3 Å².